The molecular weight excluding hydrogens is 130 g/mol. The molecule has 0 saturated carbocycles. The molecule has 2 aliphatic rings. The van der Waals surface area contributed by atoms with E-state index in [1.165, 1.54) is 5.70 Å². The van der Waals surface area contributed by atoms with Gasteiger partial charge >= 0.3 is 0 Å². The van der Waals surface area contributed by atoms with E-state index < -0.39 is 0 Å². The average Bonchev–Trinajstić information content (AvgIpc) is 2.33. The normalized spacial score (nSPS) is 22.2. The van der Waals surface area contributed by atoms with Crippen LogP contribution in [0.3, 0.4) is 0 Å². The maximum atomic E-state index is 2.23. The standard InChI is InChI=1S/C7H7NS/c1-2-5-8-7(3-1)4-6-9-8/h1-5H,6H2. The third-order valence-corrected chi connectivity index (χ3v) is 2.29. The molecule has 9 heavy (non-hydrogen) atoms. The van der Waals surface area contributed by atoms with E-state index in [1.807, 2.05) is 11.9 Å². The number of fused-ring (bicyclic) bond motifs is 1. The third kappa shape index (κ3) is 0.793. The highest BCUT2D eigenvalue weighted by atomic mass is 32.2. The van der Waals surface area contributed by atoms with E-state index >= 15 is 0 Å². The summed E-state index contributed by atoms with van der Waals surface area (Å²) in [5, 5.41) is 0. The summed E-state index contributed by atoms with van der Waals surface area (Å²) in [5.74, 6) is 1.12. The summed E-state index contributed by atoms with van der Waals surface area (Å²) in [6, 6.07) is 0. The van der Waals surface area contributed by atoms with Crippen LogP contribution in [0, 0.1) is 0 Å². The third-order valence-electron chi connectivity index (χ3n) is 1.36. The molecule has 0 aromatic carbocycles. The van der Waals surface area contributed by atoms with Crippen molar-refractivity contribution in [2.75, 3.05) is 5.75 Å². The van der Waals surface area contributed by atoms with Crippen molar-refractivity contribution < 1.29 is 0 Å². The molecule has 0 bridgehead atoms. The molecule has 0 saturated heterocycles. The Bertz CT molecular complexity index is 200. The van der Waals surface area contributed by atoms with Gasteiger partial charge in [0.25, 0.3) is 0 Å². The number of allylic oxidation sites excluding steroid dienone is 3. The summed E-state index contributed by atoms with van der Waals surface area (Å²) in [5.41, 5.74) is 1.32. The van der Waals surface area contributed by atoms with Crippen LogP contribution in [0.1, 0.15) is 0 Å². The van der Waals surface area contributed by atoms with Crippen molar-refractivity contribution >= 4 is 11.9 Å². The second kappa shape index (κ2) is 1.95. The first kappa shape index (κ1) is 5.18. The second-order valence-electron chi connectivity index (χ2n) is 1.95. The van der Waals surface area contributed by atoms with Crippen LogP contribution in [0.5, 0.6) is 0 Å². The van der Waals surface area contributed by atoms with Gasteiger partial charge in [-0.1, -0.05) is 6.08 Å². The molecule has 46 valence electrons. The van der Waals surface area contributed by atoms with E-state index in [1.54, 1.807) is 0 Å². The molecule has 1 nitrogen and oxygen atoms in total. The molecule has 0 radical (unpaired) electrons. The fourth-order valence-electron chi connectivity index (χ4n) is 0.920. The summed E-state index contributed by atoms with van der Waals surface area (Å²) in [7, 11) is 0. The minimum absolute atomic E-state index is 1.12. The Labute approximate surface area is 58.9 Å². The molecule has 0 aliphatic carbocycles. The van der Waals surface area contributed by atoms with Gasteiger partial charge in [0.15, 0.2) is 0 Å². The van der Waals surface area contributed by atoms with Crippen molar-refractivity contribution in [1.29, 1.82) is 0 Å². The first-order valence-electron chi connectivity index (χ1n) is 2.94. The molecule has 0 fully saturated rings. The SMILES string of the molecule is C1=CC2=CCSN2C=C1. The molecule has 2 heteroatoms. The molecule has 0 amide bonds. The largest absolute Gasteiger partial charge is 0.292 e. The van der Waals surface area contributed by atoms with Gasteiger partial charge in [0.05, 0.1) is 0 Å². The summed E-state index contributed by atoms with van der Waals surface area (Å²) in [6.45, 7) is 0. The monoisotopic (exact) mass is 137 g/mol. The van der Waals surface area contributed by atoms with Crippen LogP contribution in [-0.2, 0) is 0 Å². The highest BCUT2D eigenvalue weighted by Crippen LogP contribution is 2.28. The fourth-order valence-corrected chi connectivity index (χ4v) is 1.77. The smallest absolute Gasteiger partial charge is 0.0487 e. The maximum Gasteiger partial charge on any atom is 0.0487 e. The van der Waals surface area contributed by atoms with Crippen LogP contribution in [0.2, 0.25) is 0 Å². The van der Waals surface area contributed by atoms with Crippen LogP contribution in [-0.4, -0.2) is 10.1 Å². The Hall–Kier alpha value is -0.630. The summed E-state index contributed by atoms with van der Waals surface area (Å²) < 4.78 is 2.18. The van der Waals surface area contributed by atoms with Crippen LogP contribution in [0.15, 0.2) is 36.2 Å². The lowest BCUT2D eigenvalue weighted by Gasteiger charge is -2.14. The maximum absolute atomic E-state index is 2.23. The average molecular weight is 137 g/mol. The number of nitrogens with zero attached hydrogens (tertiary/aromatic N) is 1. The summed E-state index contributed by atoms with van der Waals surface area (Å²) >= 11 is 1.83. The first-order chi connectivity index (χ1) is 4.47. The Morgan fingerprint density at radius 1 is 1.44 bits per heavy atom. The van der Waals surface area contributed by atoms with Gasteiger partial charge in [-0.05, 0) is 30.2 Å². The van der Waals surface area contributed by atoms with Crippen LogP contribution in [0.25, 0.3) is 0 Å². The number of rotatable bonds is 0. The Morgan fingerprint density at radius 3 is 3.33 bits per heavy atom. The molecule has 2 aliphatic heterocycles. The minimum Gasteiger partial charge on any atom is -0.292 e. The van der Waals surface area contributed by atoms with Gasteiger partial charge in [0.2, 0.25) is 0 Å². The zero-order valence-electron chi connectivity index (χ0n) is 4.95. The zero-order valence-corrected chi connectivity index (χ0v) is 5.77. The highest BCUT2D eigenvalue weighted by molar-refractivity contribution is 7.97. The summed E-state index contributed by atoms with van der Waals surface area (Å²) in [4.78, 5) is 0. The van der Waals surface area contributed by atoms with Crippen molar-refractivity contribution in [1.82, 2.24) is 4.31 Å². The van der Waals surface area contributed by atoms with Gasteiger partial charge in [0.1, 0.15) is 0 Å². The van der Waals surface area contributed by atoms with Crippen molar-refractivity contribution in [3.63, 3.8) is 0 Å². The van der Waals surface area contributed by atoms with E-state index in [0.29, 0.717) is 0 Å². The zero-order chi connectivity index (χ0) is 6.10. The minimum atomic E-state index is 1.12. The van der Waals surface area contributed by atoms with Gasteiger partial charge in [-0.2, -0.15) is 0 Å². The van der Waals surface area contributed by atoms with Crippen LogP contribution >= 0.6 is 11.9 Å². The molecule has 2 heterocycles. The van der Waals surface area contributed by atoms with Gasteiger partial charge in [-0.25, -0.2) is 0 Å². The van der Waals surface area contributed by atoms with Crippen molar-refractivity contribution in [2.45, 2.75) is 0 Å². The second-order valence-corrected chi connectivity index (χ2v) is 2.94. The van der Waals surface area contributed by atoms with Crippen molar-refractivity contribution in [2.24, 2.45) is 0 Å². The molecule has 0 spiro atoms. The van der Waals surface area contributed by atoms with Gasteiger partial charge in [-0.15, -0.1) is 0 Å². The van der Waals surface area contributed by atoms with Gasteiger partial charge in [0, 0.05) is 17.6 Å². The van der Waals surface area contributed by atoms with Crippen LogP contribution in [0.4, 0.5) is 0 Å². The molecule has 0 unspecified atom stereocenters. The molecular formula is C7H7NS. The molecule has 0 aromatic rings. The topological polar surface area (TPSA) is 3.24 Å². The molecule has 0 aromatic heterocycles. The number of hydrogen-bond donors (Lipinski definition) is 0. The van der Waals surface area contributed by atoms with E-state index in [0.717, 1.165) is 5.75 Å². The predicted molar refractivity (Wildman–Crippen MR) is 40.7 cm³/mol. The molecule has 2 rings (SSSR count). The molecule has 0 N–H and O–H groups in total. The Balaban J connectivity index is 2.33. The molecule has 0 atom stereocenters. The van der Waals surface area contributed by atoms with Crippen molar-refractivity contribution in [3.8, 4) is 0 Å². The highest BCUT2D eigenvalue weighted by Gasteiger charge is 2.11. The van der Waals surface area contributed by atoms with E-state index in [9.17, 15) is 0 Å². The predicted octanol–water partition coefficient (Wildman–Crippen LogP) is 1.92. The lowest BCUT2D eigenvalue weighted by molar-refractivity contribution is 0.807. The first-order valence-corrected chi connectivity index (χ1v) is 3.88. The quantitative estimate of drug-likeness (QED) is 0.469. The Kier molecular flexibility index (Phi) is 1.12. The fraction of sp³-hybridized carbons (Fsp3) is 0.143. The van der Waals surface area contributed by atoms with E-state index in [-0.39, 0.29) is 0 Å². The van der Waals surface area contributed by atoms with Crippen molar-refractivity contribution in [3.05, 3.63) is 36.2 Å². The lowest BCUT2D eigenvalue weighted by atomic mass is 10.3. The number of hydrogen-bond acceptors (Lipinski definition) is 2. The van der Waals surface area contributed by atoms with E-state index in [4.69, 9.17) is 0 Å². The van der Waals surface area contributed by atoms with Gasteiger partial charge in [-0.3, -0.25) is 4.31 Å². The van der Waals surface area contributed by atoms with Crippen LogP contribution < -0.4 is 0 Å². The summed E-state index contributed by atoms with van der Waals surface area (Å²) in [6.07, 6.45) is 10.6. The lowest BCUT2D eigenvalue weighted by Crippen LogP contribution is -2.01. The van der Waals surface area contributed by atoms with E-state index in [2.05, 4.69) is 34.8 Å². The van der Waals surface area contributed by atoms with Gasteiger partial charge < -0.3 is 0 Å². The Morgan fingerprint density at radius 2 is 2.44 bits per heavy atom.